The molecule has 0 atom stereocenters. The third kappa shape index (κ3) is 16.8. The van der Waals surface area contributed by atoms with Gasteiger partial charge in [0.2, 0.25) is 0 Å². The fourth-order valence-corrected chi connectivity index (χ4v) is 0. The van der Waals surface area contributed by atoms with E-state index in [4.69, 9.17) is 0 Å². The van der Waals surface area contributed by atoms with Crippen LogP contribution in [0, 0.1) is 0 Å². The molecule has 0 unspecified atom stereocenters. The first kappa shape index (κ1) is 143. The van der Waals surface area contributed by atoms with E-state index in [0.717, 1.165) is 0 Å². The summed E-state index contributed by atoms with van der Waals surface area (Å²) in [5.41, 5.74) is 0. The van der Waals surface area contributed by atoms with Gasteiger partial charge in [-0.3, -0.25) is 0 Å². The maximum Gasteiger partial charge on any atom is 0 e. The van der Waals surface area contributed by atoms with Gasteiger partial charge < -0.3 is 11.6 Å². The fraction of sp³-hybridized carbons (Fsp3) is 1.00. The van der Waals surface area contributed by atoms with Gasteiger partial charge in [-0.05, 0) is 0 Å². The van der Waals surface area contributed by atoms with Gasteiger partial charge in [0.1, 0.15) is 0 Å². The van der Waals surface area contributed by atoms with E-state index >= 15 is 0 Å². The van der Waals surface area contributed by atoms with Crippen LogP contribution in [-0.2, 0) is 22.4 Å². The van der Waals surface area contributed by atoms with Crippen LogP contribution in [0.25, 0.3) is 0 Å². The van der Waals surface area contributed by atoms with Crippen molar-refractivity contribution in [3.8, 4) is 0 Å². The van der Waals surface area contributed by atoms with Gasteiger partial charge in [0, 0.05) is 22.4 Å². The Morgan fingerprint density at radius 1 is 1.00 bits per heavy atom. The summed E-state index contributed by atoms with van der Waals surface area (Å²) in [6, 6.07) is 0. The molecule has 0 aliphatic rings. The first-order valence-electron chi connectivity index (χ1n) is 0. The zero-order chi connectivity index (χ0) is 0. The second-order valence-corrected chi connectivity index (χ2v) is 0. The maximum absolute atomic E-state index is 0. The zero-order valence-corrected chi connectivity index (χ0v) is 3.85. The van der Waals surface area contributed by atoms with E-state index in [0.29, 0.717) is 0 Å². The molecule has 0 aromatic rings. The molecule has 0 spiro atoms. The summed E-state index contributed by atoms with van der Waals surface area (Å²) in [5.74, 6) is 0. The fourth-order valence-electron chi connectivity index (χ4n) is 0. The van der Waals surface area contributed by atoms with E-state index in [1.165, 1.54) is 0 Å². The molecule has 0 heterocycles. The standard InChI is InChI=1S/CH4.H3N.Nb.H2O/h1H4;1H3;;1H2. The summed E-state index contributed by atoms with van der Waals surface area (Å²) >= 11 is 0. The third-order valence-corrected chi connectivity index (χ3v) is 0. The van der Waals surface area contributed by atoms with Crippen molar-refractivity contribution in [1.82, 2.24) is 6.15 Å². The summed E-state index contributed by atoms with van der Waals surface area (Å²) in [6.07, 6.45) is 0. The van der Waals surface area contributed by atoms with E-state index in [9.17, 15) is 0 Å². The van der Waals surface area contributed by atoms with Gasteiger partial charge in [-0.15, -0.1) is 0 Å². The van der Waals surface area contributed by atoms with E-state index in [1.807, 2.05) is 0 Å². The van der Waals surface area contributed by atoms with E-state index in [1.54, 1.807) is 0 Å². The predicted octanol–water partition coefficient (Wildman–Crippen LogP) is -0.0291. The van der Waals surface area contributed by atoms with Gasteiger partial charge in [0.05, 0.1) is 0 Å². The first-order valence-corrected chi connectivity index (χ1v) is 0. The summed E-state index contributed by atoms with van der Waals surface area (Å²) in [4.78, 5) is 0. The number of hydrogen-bond donors (Lipinski definition) is 1. The van der Waals surface area contributed by atoms with Gasteiger partial charge in [-0.2, -0.15) is 0 Å². The summed E-state index contributed by atoms with van der Waals surface area (Å²) in [7, 11) is 0. The van der Waals surface area contributed by atoms with Crippen LogP contribution in [0.3, 0.4) is 0 Å². The molecule has 0 aliphatic carbocycles. The number of hydrogen-bond acceptors (Lipinski definition) is 1. The smallest absolute Gasteiger partial charge is 0 e. The van der Waals surface area contributed by atoms with Crippen molar-refractivity contribution in [2.45, 2.75) is 7.43 Å². The molecular formula is CH9NNbO. The molecule has 29 valence electrons. The first-order chi connectivity index (χ1) is 0. The van der Waals surface area contributed by atoms with E-state index < -0.39 is 0 Å². The molecule has 0 aromatic heterocycles. The molecular weight excluding hydrogens is 135 g/mol. The molecule has 2 nitrogen and oxygen atoms in total. The quantitative estimate of drug-likeness (QED) is 0.476. The van der Waals surface area contributed by atoms with Crippen LogP contribution in [0.2, 0.25) is 0 Å². The van der Waals surface area contributed by atoms with Crippen molar-refractivity contribution in [2.75, 3.05) is 0 Å². The van der Waals surface area contributed by atoms with Crippen molar-refractivity contribution in [2.24, 2.45) is 0 Å². The van der Waals surface area contributed by atoms with Crippen LogP contribution in [0.1, 0.15) is 7.43 Å². The predicted molar refractivity (Wildman–Crippen MR) is 15.4 cm³/mol. The second kappa shape index (κ2) is 59.4. The van der Waals surface area contributed by atoms with Crippen LogP contribution in [0.5, 0.6) is 0 Å². The SMILES string of the molecule is C.N.O.[Nb]. The molecule has 0 saturated carbocycles. The summed E-state index contributed by atoms with van der Waals surface area (Å²) in [5, 5.41) is 0. The Kier molecular flexibility index (Phi) is 2130. The molecule has 0 aromatic carbocycles. The van der Waals surface area contributed by atoms with Gasteiger partial charge in [0.15, 0.2) is 0 Å². The number of rotatable bonds is 0. The second-order valence-electron chi connectivity index (χ2n) is 0. The third-order valence-electron chi connectivity index (χ3n) is 0. The van der Waals surface area contributed by atoms with Gasteiger partial charge >= 0.3 is 0 Å². The van der Waals surface area contributed by atoms with Crippen molar-refractivity contribution in [1.29, 1.82) is 0 Å². The van der Waals surface area contributed by atoms with E-state index in [2.05, 4.69) is 0 Å². The Labute approximate surface area is 42.0 Å². The van der Waals surface area contributed by atoms with Gasteiger partial charge in [-0.1, -0.05) is 7.43 Å². The molecule has 4 heavy (non-hydrogen) atoms. The van der Waals surface area contributed by atoms with Crippen LogP contribution < -0.4 is 6.15 Å². The largest absolute Gasteiger partial charge is 0.412 e. The molecule has 5 N–H and O–H groups in total. The molecule has 0 fully saturated rings. The van der Waals surface area contributed by atoms with Gasteiger partial charge in [-0.25, -0.2) is 0 Å². The van der Waals surface area contributed by atoms with Crippen LogP contribution in [-0.4, -0.2) is 5.48 Å². The normalized spacial score (nSPS) is 0. The Balaban J connectivity index is 0. The van der Waals surface area contributed by atoms with Crippen LogP contribution in [0.4, 0.5) is 0 Å². The molecule has 0 amide bonds. The average Bonchev–Trinajstić information content (AvgIpc) is 0. The van der Waals surface area contributed by atoms with Crippen LogP contribution in [0.15, 0.2) is 0 Å². The van der Waals surface area contributed by atoms with Crippen molar-refractivity contribution < 1.29 is 27.9 Å². The van der Waals surface area contributed by atoms with Gasteiger partial charge in [0.25, 0.3) is 0 Å². The molecule has 3 heteroatoms. The minimum atomic E-state index is 0. The summed E-state index contributed by atoms with van der Waals surface area (Å²) in [6.45, 7) is 0. The van der Waals surface area contributed by atoms with E-state index in [-0.39, 0.29) is 41.4 Å². The monoisotopic (exact) mass is 144 g/mol. The van der Waals surface area contributed by atoms with Crippen molar-refractivity contribution in [3.63, 3.8) is 0 Å². The molecule has 0 aliphatic heterocycles. The van der Waals surface area contributed by atoms with Crippen molar-refractivity contribution >= 4 is 0 Å². The Bertz CT molecular complexity index is 8.00. The Hall–Kier alpha value is 0.660. The van der Waals surface area contributed by atoms with Crippen LogP contribution >= 0.6 is 0 Å². The summed E-state index contributed by atoms with van der Waals surface area (Å²) < 4.78 is 0. The zero-order valence-electron chi connectivity index (χ0n) is 1.65. The Morgan fingerprint density at radius 3 is 1.00 bits per heavy atom. The maximum atomic E-state index is 0. The molecule has 1 radical (unpaired) electrons. The molecule has 0 bridgehead atoms. The minimum absolute atomic E-state index is 0. The minimum Gasteiger partial charge on any atom is -0.412 e. The van der Waals surface area contributed by atoms with Crippen molar-refractivity contribution in [3.05, 3.63) is 0 Å². The topological polar surface area (TPSA) is 66.5 Å². The Morgan fingerprint density at radius 2 is 1.00 bits per heavy atom. The average molecular weight is 144 g/mol. The molecule has 0 saturated heterocycles. The molecule has 0 rings (SSSR count).